The van der Waals surface area contributed by atoms with Crippen molar-refractivity contribution in [1.29, 1.82) is 0 Å². The fourth-order valence-corrected chi connectivity index (χ4v) is 1.48. The second-order valence-corrected chi connectivity index (χ2v) is 3.29. The third-order valence-electron chi connectivity index (χ3n) is 1.47. The number of aliphatic hydroxyl groups is 2. The van der Waals surface area contributed by atoms with Gasteiger partial charge in [0.25, 0.3) is 0 Å². The van der Waals surface area contributed by atoms with Crippen LogP contribution in [0.4, 0.5) is 0 Å². The second-order valence-electron chi connectivity index (χ2n) is 2.24. The Morgan fingerprint density at radius 2 is 1.60 bits per heavy atom. The second kappa shape index (κ2) is 2.83. The van der Waals surface area contributed by atoms with E-state index in [1.165, 1.54) is 0 Å². The van der Waals surface area contributed by atoms with Gasteiger partial charge in [-0.25, -0.2) is 8.42 Å². The molecule has 2 atom stereocenters. The number of thiol groups is 1. The molecular formula is C4H9NO4S. The largest absolute Gasteiger partial charge is 0.389 e. The fraction of sp³-hybridized carbons (Fsp3) is 1.00. The van der Waals surface area contributed by atoms with Gasteiger partial charge in [0.15, 0.2) is 0 Å². The van der Waals surface area contributed by atoms with Crippen LogP contribution in [0.5, 0.6) is 0 Å². The molecule has 1 heterocycles. The summed E-state index contributed by atoms with van der Waals surface area (Å²) < 4.78 is 21.5. The summed E-state index contributed by atoms with van der Waals surface area (Å²) in [6, 6.07) is 0. The zero-order valence-electron chi connectivity index (χ0n) is 5.17. The Bertz CT molecular complexity index is 174. The summed E-state index contributed by atoms with van der Waals surface area (Å²) >= 11 is 0. The van der Waals surface area contributed by atoms with Crippen LogP contribution in [0.2, 0.25) is 0 Å². The molecule has 0 saturated carbocycles. The molecule has 0 spiro atoms. The first-order chi connectivity index (χ1) is 4.61. The van der Waals surface area contributed by atoms with Gasteiger partial charge in [-0.3, -0.25) is 0 Å². The van der Waals surface area contributed by atoms with E-state index in [1.807, 2.05) is 0 Å². The van der Waals surface area contributed by atoms with Gasteiger partial charge < -0.3 is 10.2 Å². The summed E-state index contributed by atoms with van der Waals surface area (Å²) in [5, 5.41) is 17.7. The highest BCUT2D eigenvalue weighted by atomic mass is 32.2. The van der Waals surface area contributed by atoms with Gasteiger partial charge in [0.2, 0.25) is 10.9 Å². The number of aliphatic hydroxyl groups excluding tert-OH is 2. The molecule has 1 aliphatic heterocycles. The van der Waals surface area contributed by atoms with Crippen LogP contribution in [0.1, 0.15) is 0 Å². The van der Waals surface area contributed by atoms with Crippen molar-refractivity contribution < 1.29 is 18.6 Å². The van der Waals surface area contributed by atoms with E-state index in [1.54, 1.807) is 0 Å². The quantitative estimate of drug-likeness (QED) is 0.379. The topological polar surface area (TPSA) is 77.8 Å². The summed E-state index contributed by atoms with van der Waals surface area (Å²) in [6.45, 7) is 0.0275. The molecule has 0 aliphatic carbocycles. The van der Waals surface area contributed by atoms with Crippen LogP contribution in [0.15, 0.2) is 0 Å². The van der Waals surface area contributed by atoms with Crippen LogP contribution >= 0.6 is 0 Å². The van der Waals surface area contributed by atoms with E-state index < -0.39 is 23.1 Å². The van der Waals surface area contributed by atoms with Crippen molar-refractivity contribution >= 4 is 10.9 Å². The highest BCUT2D eigenvalue weighted by molar-refractivity contribution is 7.69. The van der Waals surface area contributed by atoms with E-state index in [9.17, 15) is 8.42 Å². The van der Waals surface area contributed by atoms with E-state index in [4.69, 9.17) is 10.2 Å². The molecule has 2 N–H and O–H groups in total. The van der Waals surface area contributed by atoms with Crippen LogP contribution in [-0.4, -0.2) is 48.2 Å². The molecule has 5 nitrogen and oxygen atoms in total. The van der Waals surface area contributed by atoms with Gasteiger partial charge in [-0.1, -0.05) is 0 Å². The molecule has 0 aromatic heterocycles. The number of β-amino-alcohol motifs (C(OH)–C–C–N with tert-alkyl or cyclic N) is 2. The van der Waals surface area contributed by atoms with Crippen LogP contribution in [0.25, 0.3) is 0 Å². The number of nitrogens with zero attached hydrogens (tertiary/aromatic N) is 1. The lowest BCUT2D eigenvalue weighted by Gasteiger charge is -2.01. The fourth-order valence-electron chi connectivity index (χ4n) is 0.883. The van der Waals surface area contributed by atoms with Crippen molar-refractivity contribution in [3.05, 3.63) is 0 Å². The van der Waals surface area contributed by atoms with Gasteiger partial charge in [-0.2, -0.15) is 4.31 Å². The van der Waals surface area contributed by atoms with Gasteiger partial charge >= 0.3 is 0 Å². The van der Waals surface area contributed by atoms with Crippen molar-refractivity contribution in [3.8, 4) is 0 Å². The average molecular weight is 167 g/mol. The highest BCUT2D eigenvalue weighted by Gasteiger charge is 2.30. The minimum absolute atomic E-state index is 0.0138. The molecule has 10 heavy (non-hydrogen) atoms. The molecule has 0 bridgehead atoms. The molecule has 0 aromatic carbocycles. The molecule has 0 amide bonds. The molecule has 1 fully saturated rings. The Balaban J connectivity index is 2.57. The predicted molar refractivity (Wildman–Crippen MR) is 33.9 cm³/mol. The third kappa shape index (κ3) is 1.46. The number of hydrogen-bond donors (Lipinski definition) is 3. The van der Waals surface area contributed by atoms with Crippen LogP contribution < -0.4 is 0 Å². The van der Waals surface area contributed by atoms with E-state index in [2.05, 4.69) is 0 Å². The minimum Gasteiger partial charge on any atom is -0.389 e. The van der Waals surface area contributed by atoms with E-state index in [0.29, 0.717) is 0 Å². The first kappa shape index (κ1) is 7.93. The van der Waals surface area contributed by atoms with Crippen molar-refractivity contribution in [3.63, 3.8) is 0 Å². The predicted octanol–water partition coefficient (Wildman–Crippen LogP) is -2.45. The summed E-state index contributed by atoms with van der Waals surface area (Å²) in [5.74, 6) is 0. The van der Waals surface area contributed by atoms with Gasteiger partial charge in [-0.15, -0.1) is 0 Å². The van der Waals surface area contributed by atoms with E-state index in [0.717, 1.165) is 4.31 Å². The number of hydrogen-bond acceptors (Lipinski definition) is 4. The maximum atomic E-state index is 10.2. The Morgan fingerprint density at radius 3 is 1.80 bits per heavy atom. The molecule has 1 aliphatic rings. The Labute approximate surface area is 60.0 Å². The molecule has 0 radical (unpaired) electrons. The maximum Gasteiger partial charge on any atom is 0.204 e. The number of rotatable bonds is 1. The van der Waals surface area contributed by atoms with Gasteiger partial charge in [0.1, 0.15) is 0 Å². The molecule has 0 aromatic rings. The summed E-state index contributed by atoms with van der Waals surface area (Å²) in [5.41, 5.74) is 0. The minimum atomic E-state index is -2.64. The van der Waals surface area contributed by atoms with Crippen LogP contribution in [-0.2, 0) is 10.9 Å². The van der Waals surface area contributed by atoms with E-state index in [-0.39, 0.29) is 13.1 Å². The highest BCUT2D eigenvalue weighted by Crippen LogP contribution is 2.08. The maximum absolute atomic E-state index is 10.2. The van der Waals surface area contributed by atoms with Gasteiger partial charge in [0.05, 0.1) is 12.2 Å². The zero-order chi connectivity index (χ0) is 7.72. The van der Waals surface area contributed by atoms with Crippen molar-refractivity contribution in [1.82, 2.24) is 4.31 Å². The molecule has 6 heteroatoms. The lowest BCUT2D eigenvalue weighted by Crippen LogP contribution is -2.22. The SMILES string of the molecule is O=[SH](=O)N1C[C@@H](O)[C@@H](O)C1. The monoisotopic (exact) mass is 167 g/mol. The van der Waals surface area contributed by atoms with Gasteiger partial charge in [0, 0.05) is 13.1 Å². The molecule has 1 rings (SSSR count). The van der Waals surface area contributed by atoms with E-state index >= 15 is 0 Å². The van der Waals surface area contributed by atoms with Crippen molar-refractivity contribution in [2.24, 2.45) is 0 Å². The van der Waals surface area contributed by atoms with Crippen LogP contribution in [0, 0.1) is 0 Å². The molecule has 1 saturated heterocycles. The standard InChI is InChI=1S/C4H9NO4S/c6-3-1-5(10(8)9)2-4(3)7/h3-4,6-7,10H,1-2H2/t3-,4+. The molecular weight excluding hydrogens is 158 g/mol. The Morgan fingerprint density at radius 1 is 1.20 bits per heavy atom. The van der Waals surface area contributed by atoms with Crippen LogP contribution in [0.3, 0.4) is 0 Å². The molecule has 0 unspecified atom stereocenters. The summed E-state index contributed by atoms with van der Waals surface area (Å²) in [7, 11) is -2.64. The first-order valence-corrected chi connectivity index (χ1v) is 3.99. The Kier molecular flexibility index (Phi) is 2.24. The van der Waals surface area contributed by atoms with Gasteiger partial charge in [-0.05, 0) is 0 Å². The molecule has 60 valence electrons. The Hall–Kier alpha value is -0.170. The summed E-state index contributed by atoms with van der Waals surface area (Å²) in [4.78, 5) is 0. The smallest absolute Gasteiger partial charge is 0.204 e. The normalized spacial score (nSPS) is 35.5. The summed E-state index contributed by atoms with van der Waals surface area (Å²) in [6.07, 6.45) is -1.85. The first-order valence-electron chi connectivity index (χ1n) is 2.86. The van der Waals surface area contributed by atoms with Crippen molar-refractivity contribution in [2.75, 3.05) is 13.1 Å². The third-order valence-corrected chi connectivity index (χ3v) is 2.26. The van der Waals surface area contributed by atoms with Crippen molar-refractivity contribution in [2.45, 2.75) is 12.2 Å². The zero-order valence-corrected chi connectivity index (χ0v) is 6.07. The average Bonchev–Trinajstić information content (AvgIpc) is 2.13. The lowest BCUT2D eigenvalue weighted by atomic mass is 10.3. The lowest BCUT2D eigenvalue weighted by molar-refractivity contribution is 0.0572.